The van der Waals surface area contributed by atoms with E-state index in [0.717, 1.165) is 39.5 Å². The van der Waals surface area contributed by atoms with Gasteiger partial charge in [0.15, 0.2) is 5.82 Å². The number of hydrogen-bond acceptors (Lipinski definition) is 2. The van der Waals surface area contributed by atoms with Crippen molar-refractivity contribution in [2.75, 3.05) is 0 Å². The van der Waals surface area contributed by atoms with Crippen molar-refractivity contribution < 1.29 is 0 Å². The first-order chi connectivity index (χ1) is 28.8. The summed E-state index contributed by atoms with van der Waals surface area (Å²) in [6.45, 7) is 9.02. The van der Waals surface area contributed by atoms with E-state index in [1.54, 1.807) is 0 Å². The van der Waals surface area contributed by atoms with Gasteiger partial charge in [-0.2, -0.15) is 0 Å². The Bertz CT molecular complexity index is 3280. The van der Waals surface area contributed by atoms with Crippen LogP contribution in [-0.2, 0) is 5.41 Å². The lowest BCUT2D eigenvalue weighted by molar-refractivity contribution is 0.660. The molecule has 0 N–H and O–H groups in total. The number of aryl methyl sites for hydroxylation is 1. The Morgan fingerprint density at radius 1 is 0.339 bits per heavy atom. The van der Waals surface area contributed by atoms with Crippen molar-refractivity contribution in [3.05, 3.63) is 204 Å². The van der Waals surface area contributed by atoms with Gasteiger partial charge in [0.05, 0.1) is 11.4 Å². The maximum Gasteiger partial charge on any atom is 0.160 e. The number of rotatable bonds is 5. The topological polar surface area (TPSA) is 25.8 Å². The fourth-order valence-electron chi connectivity index (χ4n) is 9.70. The van der Waals surface area contributed by atoms with Crippen LogP contribution in [0.4, 0.5) is 0 Å². The van der Waals surface area contributed by atoms with Gasteiger partial charge in [0.2, 0.25) is 0 Å². The van der Waals surface area contributed by atoms with E-state index in [9.17, 15) is 0 Å². The molecule has 1 aromatic heterocycles. The van der Waals surface area contributed by atoms with Crippen LogP contribution in [-0.4, -0.2) is 9.97 Å². The monoisotopic (exact) mass is 754 g/mol. The normalized spacial score (nSPS) is 12.9. The zero-order valence-corrected chi connectivity index (χ0v) is 33.7. The molecule has 0 aliphatic heterocycles. The highest BCUT2D eigenvalue weighted by atomic mass is 14.9. The summed E-state index contributed by atoms with van der Waals surface area (Å²) >= 11 is 0. The van der Waals surface area contributed by atoms with Gasteiger partial charge in [-0.05, 0) is 114 Å². The summed E-state index contributed by atoms with van der Waals surface area (Å²) in [6.07, 6.45) is 0. The van der Waals surface area contributed by atoms with Crippen molar-refractivity contribution in [3.63, 3.8) is 0 Å². The van der Waals surface area contributed by atoms with E-state index < -0.39 is 0 Å². The minimum absolute atomic E-state index is 0.112. The van der Waals surface area contributed by atoms with Crippen LogP contribution < -0.4 is 0 Å². The molecule has 10 aromatic rings. The molecule has 0 amide bonds. The van der Waals surface area contributed by atoms with E-state index >= 15 is 0 Å². The number of benzene rings is 9. The third-order valence-electron chi connectivity index (χ3n) is 12.8. The molecule has 280 valence electrons. The molecular weight excluding hydrogens is 713 g/mol. The Labute approximate surface area is 345 Å². The largest absolute Gasteiger partial charge is 0.228 e. The number of hydrogen-bond donors (Lipinski definition) is 0. The first-order valence-electron chi connectivity index (χ1n) is 20.6. The molecule has 1 aliphatic carbocycles. The molecule has 0 unspecified atom stereocenters. The highest BCUT2D eigenvalue weighted by Crippen LogP contribution is 2.49. The Kier molecular flexibility index (Phi) is 8.00. The predicted octanol–water partition coefficient (Wildman–Crippen LogP) is 15.2. The maximum absolute atomic E-state index is 5.39. The fourth-order valence-corrected chi connectivity index (χ4v) is 9.70. The number of aromatic nitrogens is 2. The van der Waals surface area contributed by atoms with Gasteiger partial charge in [0.25, 0.3) is 0 Å². The van der Waals surface area contributed by atoms with Crippen molar-refractivity contribution in [2.24, 2.45) is 0 Å². The highest BCUT2D eigenvalue weighted by molar-refractivity contribution is 6.25. The molecule has 0 radical (unpaired) electrons. The van der Waals surface area contributed by atoms with Crippen molar-refractivity contribution in [2.45, 2.75) is 33.1 Å². The van der Waals surface area contributed by atoms with Gasteiger partial charge >= 0.3 is 0 Å². The summed E-state index contributed by atoms with van der Waals surface area (Å²) in [4.78, 5) is 10.7. The van der Waals surface area contributed by atoms with Crippen LogP contribution in [0.3, 0.4) is 0 Å². The average molecular weight is 755 g/mol. The lowest BCUT2D eigenvalue weighted by atomic mass is 9.82. The number of nitrogens with zero attached hydrogens (tertiary/aromatic N) is 2. The lowest BCUT2D eigenvalue weighted by Crippen LogP contribution is -2.15. The van der Waals surface area contributed by atoms with Gasteiger partial charge in [-0.3, -0.25) is 0 Å². The molecule has 0 saturated carbocycles. The SMILES string of the molecule is Cc1cc(-c2cccc(-c3ccc4c5ccccc5c5ccccc5c4c3)c2)ccc1-c1nc(-c2ccc3c(c2)C(C)(C)c2ccccc2-3)nc(-c2ccccc2)c1C. The van der Waals surface area contributed by atoms with Gasteiger partial charge in [0.1, 0.15) is 0 Å². The number of fused-ring (bicyclic) bond motifs is 9. The molecule has 2 heteroatoms. The quantitative estimate of drug-likeness (QED) is 0.164. The smallest absolute Gasteiger partial charge is 0.160 e. The van der Waals surface area contributed by atoms with Gasteiger partial charge in [0, 0.05) is 27.7 Å². The van der Waals surface area contributed by atoms with Crippen molar-refractivity contribution >= 4 is 32.3 Å². The zero-order chi connectivity index (χ0) is 39.8. The van der Waals surface area contributed by atoms with Crippen molar-refractivity contribution in [1.82, 2.24) is 9.97 Å². The Morgan fingerprint density at radius 3 is 1.56 bits per heavy atom. The molecule has 0 spiro atoms. The molecule has 9 aromatic carbocycles. The molecule has 0 atom stereocenters. The van der Waals surface area contributed by atoms with Crippen LogP contribution in [0.15, 0.2) is 182 Å². The fraction of sp³-hybridized carbons (Fsp3) is 0.0877. The van der Waals surface area contributed by atoms with Crippen molar-refractivity contribution in [3.8, 4) is 67.3 Å². The summed E-state index contributed by atoms with van der Waals surface area (Å²) in [5.41, 5.74) is 17.4. The summed E-state index contributed by atoms with van der Waals surface area (Å²) in [7, 11) is 0. The van der Waals surface area contributed by atoms with Gasteiger partial charge < -0.3 is 0 Å². The lowest BCUT2D eigenvalue weighted by Gasteiger charge is -2.22. The molecule has 0 fully saturated rings. The zero-order valence-electron chi connectivity index (χ0n) is 33.7. The third-order valence-corrected chi connectivity index (χ3v) is 12.8. The molecule has 11 rings (SSSR count). The first kappa shape index (κ1) is 35.0. The average Bonchev–Trinajstić information content (AvgIpc) is 3.52. The maximum atomic E-state index is 5.39. The van der Waals surface area contributed by atoms with E-state index in [1.165, 1.54) is 82.4 Å². The summed E-state index contributed by atoms with van der Waals surface area (Å²) < 4.78 is 0. The summed E-state index contributed by atoms with van der Waals surface area (Å²) in [6, 6.07) is 66.4. The van der Waals surface area contributed by atoms with Crippen LogP contribution in [0.1, 0.15) is 36.1 Å². The van der Waals surface area contributed by atoms with Crippen molar-refractivity contribution in [1.29, 1.82) is 0 Å². The minimum atomic E-state index is -0.112. The van der Waals surface area contributed by atoms with Gasteiger partial charge in [-0.1, -0.05) is 178 Å². The Morgan fingerprint density at radius 2 is 0.847 bits per heavy atom. The van der Waals surface area contributed by atoms with Crippen LogP contribution >= 0.6 is 0 Å². The Hall–Kier alpha value is -7.16. The predicted molar refractivity (Wildman–Crippen MR) is 249 cm³/mol. The molecule has 1 heterocycles. The summed E-state index contributed by atoms with van der Waals surface area (Å²) in [5.74, 6) is 0.742. The minimum Gasteiger partial charge on any atom is -0.228 e. The van der Waals surface area contributed by atoms with Gasteiger partial charge in [-0.15, -0.1) is 0 Å². The van der Waals surface area contributed by atoms with Crippen LogP contribution in [0, 0.1) is 13.8 Å². The van der Waals surface area contributed by atoms with Crippen LogP contribution in [0.25, 0.3) is 99.6 Å². The van der Waals surface area contributed by atoms with E-state index in [4.69, 9.17) is 9.97 Å². The van der Waals surface area contributed by atoms with Gasteiger partial charge in [-0.25, -0.2) is 9.97 Å². The first-order valence-corrected chi connectivity index (χ1v) is 20.6. The van der Waals surface area contributed by atoms with E-state index in [1.807, 2.05) is 0 Å². The van der Waals surface area contributed by atoms with E-state index in [0.29, 0.717) is 0 Å². The second-order valence-electron chi connectivity index (χ2n) is 16.6. The van der Waals surface area contributed by atoms with Crippen LogP contribution in [0.5, 0.6) is 0 Å². The third kappa shape index (κ3) is 5.62. The highest BCUT2D eigenvalue weighted by Gasteiger charge is 2.35. The molecule has 0 saturated heterocycles. The molecule has 1 aliphatic rings. The van der Waals surface area contributed by atoms with Crippen LogP contribution in [0.2, 0.25) is 0 Å². The standard InChI is InChI=1S/C57H42N2/c1-35-31-40(38-17-14-18-39(32-38)41-26-29-48-46-21-9-8-19-44(46)45-20-10-11-22-47(45)51(48)33-41)25-28-43(35)55-36(2)54(37-15-6-5-7-16-37)58-56(59-55)42-27-30-50-49-23-12-13-24-52(49)57(3,4)53(50)34-42/h5-34H,1-4H3. The van der Waals surface area contributed by atoms with E-state index in [-0.39, 0.29) is 5.41 Å². The molecular formula is C57H42N2. The molecule has 0 bridgehead atoms. The van der Waals surface area contributed by atoms with E-state index in [2.05, 4.69) is 210 Å². The second-order valence-corrected chi connectivity index (χ2v) is 16.6. The Balaban J connectivity index is 0.996. The molecule has 2 nitrogen and oxygen atoms in total. The second kappa shape index (κ2) is 13.5. The molecule has 59 heavy (non-hydrogen) atoms. The summed E-state index contributed by atoms with van der Waals surface area (Å²) in [5, 5.41) is 7.74.